The third-order valence-electron chi connectivity index (χ3n) is 5.10. The maximum atomic E-state index is 12.8. The maximum Gasteiger partial charge on any atom is 0.295 e. The highest BCUT2D eigenvalue weighted by Gasteiger charge is 2.21. The average molecular weight is 357 g/mol. The Kier molecular flexibility index (Phi) is 5.58. The largest absolute Gasteiger partial charge is 0.319 e. The van der Waals surface area contributed by atoms with Gasteiger partial charge in [0, 0.05) is 33.2 Å². The molecule has 1 aromatic heterocycles. The molecular formula is C19H27N5O2. The molecule has 7 heteroatoms. The van der Waals surface area contributed by atoms with Crippen molar-refractivity contribution in [1.29, 1.82) is 0 Å². The molecule has 1 N–H and O–H groups in total. The number of nitrogens with one attached hydrogen (secondary N) is 1. The Hall–Kier alpha value is -2.38. The molecule has 2 aromatic rings. The second kappa shape index (κ2) is 7.88. The topological polar surface area (TPSA) is 62.5 Å². The summed E-state index contributed by atoms with van der Waals surface area (Å²) >= 11 is 0. The summed E-state index contributed by atoms with van der Waals surface area (Å²) in [6.45, 7) is 9.07. The maximum absolute atomic E-state index is 12.8. The number of benzene rings is 1. The van der Waals surface area contributed by atoms with Gasteiger partial charge in [-0.3, -0.25) is 19.2 Å². The van der Waals surface area contributed by atoms with Crippen LogP contribution >= 0.6 is 0 Å². The first-order chi connectivity index (χ1) is 12.5. The number of carbonyl (C=O) groups is 1. The second-order valence-electron chi connectivity index (χ2n) is 6.70. The molecular weight excluding hydrogens is 330 g/mol. The molecule has 1 fully saturated rings. The van der Waals surface area contributed by atoms with E-state index in [1.165, 1.54) is 0 Å². The summed E-state index contributed by atoms with van der Waals surface area (Å²) < 4.78 is 3.35. The van der Waals surface area contributed by atoms with Crippen LogP contribution in [0.5, 0.6) is 0 Å². The van der Waals surface area contributed by atoms with Crippen molar-refractivity contribution in [3.05, 3.63) is 46.4 Å². The van der Waals surface area contributed by atoms with Crippen LogP contribution in [0.25, 0.3) is 5.69 Å². The number of hydrogen-bond acceptors (Lipinski definition) is 4. The van der Waals surface area contributed by atoms with E-state index in [-0.39, 0.29) is 11.5 Å². The number of nitrogens with zero attached hydrogens (tertiary/aromatic N) is 4. The summed E-state index contributed by atoms with van der Waals surface area (Å²) in [5, 5.41) is 2.83. The first-order valence-electron chi connectivity index (χ1n) is 9.09. The van der Waals surface area contributed by atoms with Gasteiger partial charge in [-0.05, 0) is 25.6 Å². The van der Waals surface area contributed by atoms with Gasteiger partial charge in [-0.15, -0.1) is 0 Å². The lowest BCUT2D eigenvalue weighted by atomic mass is 10.3. The smallest absolute Gasteiger partial charge is 0.295 e. The van der Waals surface area contributed by atoms with E-state index >= 15 is 0 Å². The van der Waals surface area contributed by atoms with Gasteiger partial charge in [0.25, 0.3) is 5.56 Å². The van der Waals surface area contributed by atoms with Crippen molar-refractivity contribution in [2.45, 2.75) is 13.8 Å². The lowest BCUT2D eigenvalue weighted by molar-refractivity contribution is -0.117. The molecule has 1 saturated heterocycles. The lowest BCUT2D eigenvalue weighted by Gasteiger charge is -2.33. The molecule has 26 heavy (non-hydrogen) atoms. The van der Waals surface area contributed by atoms with E-state index in [1.807, 2.05) is 44.3 Å². The molecule has 0 bridgehead atoms. The molecule has 2 heterocycles. The zero-order chi connectivity index (χ0) is 18.7. The molecule has 7 nitrogen and oxygen atoms in total. The fraction of sp³-hybridized carbons (Fsp3) is 0.474. The molecule has 0 saturated carbocycles. The lowest BCUT2D eigenvalue weighted by Crippen LogP contribution is -2.48. The van der Waals surface area contributed by atoms with Gasteiger partial charge >= 0.3 is 0 Å². The van der Waals surface area contributed by atoms with Crippen molar-refractivity contribution in [3.63, 3.8) is 0 Å². The quantitative estimate of drug-likeness (QED) is 0.869. The van der Waals surface area contributed by atoms with Crippen LogP contribution in [0.3, 0.4) is 0 Å². The van der Waals surface area contributed by atoms with Crippen LogP contribution in [0.1, 0.15) is 12.6 Å². The van der Waals surface area contributed by atoms with E-state index in [2.05, 4.69) is 22.0 Å². The monoisotopic (exact) mass is 357 g/mol. The van der Waals surface area contributed by atoms with Crippen molar-refractivity contribution in [1.82, 2.24) is 19.2 Å². The van der Waals surface area contributed by atoms with E-state index in [0.29, 0.717) is 12.2 Å². The summed E-state index contributed by atoms with van der Waals surface area (Å²) in [4.78, 5) is 29.8. The van der Waals surface area contributed by atoms with Crippen LogP contribution in [0.4, 0.5) is 5.69 Å². The molecule has 1 amide bonds. The fourth-order valence-corrected chi connectivity index (χ4v) is 3.36. The number of hydrogen-bond donors (Lipinski definition) is 1. The fourth-order valence-electron chi connectivity index (χ4n) is 3.36. The standard InChI is InChI=1S/C19H27N5O2/c1-4-22-10-12-23(13-11-22)14-17(25)20-18-15(2)21(3)24(19(18)26)16-8-6-5-7-9-16/h5-9H,4,10-14H2,1-3H3,(H,20,25). The Morgan fingerprint density at radius 2 is 1.69 bits per heavy atom. The van der Waals surface area contributed by atoms with Gasteiger partial charge in [-0.25, -0.2) is 4.68 Å². The normalized spacial score (nSPS) is 16.0. The van der Waals surface area contributed by atoms with Crippen LogP contribution in [-0.2, 0) is 11.8 Å². The van der Waals surface area contributed by atoms with E-state index in [0.717, 1.165) is 44.1 Å². The Morgan fingerprint density at radius 1 is 1.08 bits per heavy atom. The van der Waals surface area contributed by atoms with Gasteiger partial charge in [-0.2, -0.15) is 0 Å². The Bertz CT molecular complexity index is 816. The Labute approximate surface area is 153 Å². The van der Waals surface area contributed by atoms with E-state index in [9.17, 15) is 9.59 Å². The minimum Gasteiger partial charge on any atom is -0.319 e. The molecule has 1 aliphatic rings. The Morgan fingerprint density at radius 3 is 2.31 bits per heavy atom. The number of anilines is 1. The van der Waals surface area contributed by atoms with Crippen molar-refractivity contribution >= 4 is 11.6 Å². The Balaban J connectivity index is 1.72. The molecule has 1 aromatic carbocycles. The van der Waals surface area contributed by atoms with E-state index < -0.39 is 0 Å². The molecule has 3 rings (SSSR count). The molecule has 0 unspecified atom stereocenters. The summed E-state index contributed by atoms with van der Waals surface area (Å²) in [7, 11) is 1.82. The zero-order valence-corrected chi connectivity index (χ0v) is 15.7. The number of likely N-dealkylation sites (N-methyl/N-ethyl adjacent to an activating group) is 1. The van der Waals surface area contributed by atoms with Crippen LogP contribution in [0.2, 0.25) is 0 Å². The highest BCUT2D eigenvalue weighted by molar-refractivity contribution is 5.92. The summed E-state index contributed by atoms with van der Waals surface area (Å²) in [6, 6.07) is 9.43. The average Bonchev–Trinajstić information content (AvgIpc) is 2.86. The van der Waals surface area contributed by atoms with Crippen molar-refractivity contribution in [2.24, 2.45) is 7.05 Å². The summed E-state index contributed by atoms with van der Waals surface area (Å²) in [5.74, 6) is -0.138. The van der Waals surface area contributed by atoms with Gasteiger partial charge in [0.15, 0.2) is 0 Å². The molecule has 0 aliphatic carbocycles. The van der Waals surface area contributed by atoms with Gasteiger partial charge in [0.1, 0.15) is 5.69 Å². The first-order valence-corrected chi connectivity index (χ1v) is 9.09. The van der Waals surface area contributed by atoms with Crippen molar-refractivity contribution in [3.8, 4) is 5.69 Å². The number of aromatic nitrogens is 2. The predicted octanol–water partition coefficient (Wildman–Crippen LogP) is 1.06. The molecule has 1 aliphatic heterocycles. The number of rotatable bonds is 5. The van der Waals surface area contributed by atoms with Crippen LogP contribution in [-0.4, -0.2) is 64.3 Å². The first kappa shape index (κ1) is 18.4. The number of para-hydroxylation sites is 1. The summed E-state index contributed by atoms with van der Waals surface area (Å²) in [6.07, 6.45) is 0. The van der Waals surface area contributed by atoms with Gasteiger partial charge in [0.2, 0.25) is 5.91 Å². The second-order valence-corrected chi connectivity index (χ2v) is 6.70. The highest BCUT2D eigenvalue weighted by atomic mass is 16.2. The van der Waals surface area contributed by atoms with Crippen LogP contribution in [0, 0.1) is 6.92 Å². The van der Waals surface area contributed by atoms with Gasteiger partial charge in [-0.1, -0.05) is 25.1 Å². The minimum absolute atomic E-state index is 0.138. The third kappa shape index (κ3) is 3.73. The number of carbonyl (C=O) groups excluding carboxylic acids is 1. The van der Waals surface area contributed by atoms with Gasteiger partial charge < -0.3 is 10.2 Å². The van der Waals surface area contributed by atoms with Crippen LogP contribution in [0.15, 0.2) is 35.1 Å². The number of piperazine rings is 1. The molecule has 0 atom stereocenters. The van der Waals surface area contributed by atoms with Crippen molar-refractivity contribution in [2.75, 3.05) is 44.6 Å². The third-order valence-corrected chi connectivity index (χ3v) is 5.10. The van der Waals surface area contributed by atoms with E-state index in [4.69, 9.17) is 0 Å². The van der Waals surface area contributed by atoms with Crippen LogP contribution < -0.4 is 10.9 Å². The van der Waals surface area contributed by atoms with E-state index in [1.54, 1.807) is 9.36 Å². The molecule has 0 spiro atoms. The predicted molar refractivity (Wildman–Crippen MR) is 103 cm³/mol. The SMILES string of the molecule is CCN1CCN(CC(=O)Nc2c(C)n(C)n(-c3ccccc3)c2=O)CC1. The minimum atomic E-state index is -0.208. The van der Waals surface area contributed by atoms with Crippen molar-refractivity contribution < 1.29 is 4.79 Å². The summed E-state index contributed by atoms with van der Waals surface area (Å²) in [5.41, 5.74) is 1.66. The number of amides is 1. The molecule has 140 valence electrons. The molecule has 0 radical (unpaired) electrons. The van der Waals surface area contributed by atoms with Gasteiger partial charge in [0.05, 0.1) is 17.9 Å². The highest BCUT2D eigenvalue weighted by Crippen LogP contribution is 2.14. The zero-order valence-electron chi connectivity index (χ0n) is 15.7.